The summed E-state index contributed by atoms with van der Waals surface area (Å²) < 4.78 is 0. The predicted octanol–water partition coefficient (Wildman–Crippen LogP) is 3.70. The van der Waals surface area contributed by atoms with Crippen molar-refractivity contribution in [3.63, 3.8) is 0 Å². The summed E-state index contributed by atoms with van der Waals surface area (Å²) in [5, 5.41) is 9.44. The van der Waals surface area contributed by atoms with Gasteiger partial charge in [-0.2, -0.15) is 5.26 Å². The molecule has 0 radical (unpaired) electrons. The van der Waals surface area contributed by atoms with E-state index in [-0.39, 0.29) is 0 Å². The summed E-state index contributed by atoms with van der Waals surface area (Å²) in [5.41, 5.74) is 2.70. The van der Waals surface area contributed by atoms with Crippen LogP contribution in [0.15, 0.2) is 47.5 Å². The number of anilines is 1. The van der Waals surface area contributed by atoms with Crippen LogP contribution in [0, 0.1) is 11.3 Å². The Morgan fingerprint density at radius 3 is 2.75 bits per heavy atom. The lowest BCUT2D eigenvalue weighted by Gasteiger charge is -2.21. The summed E-state index contributed by atoms with van der Waals surface area (Å²) in [6.07, 6.45) is 1.79. The molecule has 0 bridgehead atoms. The molecule has 20 heavy (non-hydrogen) atoms. The lowest BCUT2D eigenvalue weighted by Crippen LogP contribution is -2.18. The van der Waals surface area contributed by atoms with Gasteiger partial charge in [-0.25, -0.2) is 0 Å². The molecule has 0 spiro atoms. The third-order valence-corrected chi connectivity index (χ3v) is 3.89. The van der Waals surface area contributed by atoms with Crippen molar-refractivity contribution >= 4 is 17.4 Å². The van der Waals surface area contributed by atoms with Gasteiger partial charge in [0, 0.05) is 18.1 Å². The van der Waals surface area contributed by atoms with Crippen molar-refractivity contribution in [2.24, 2.45) is 0 Å². The molecule has 0 N–H and O–H groups in total. The summed E-state index contributed by atoms with van der Waals surface area (Å²) in [6, 6.07) is 14.2. The maximum Gasteiger partial charge on any atom is 0.103 e. The maximum absolute atomic E-state index is 9.44. The van der Waals surface area contributed by atoms with Gasteiger partial charge in [0.15, 0.2) is 0 Å². The van der Waals surface area contributed by atoms with E-state index in [1.54, 1.807) is 18.0 Å². The average molecular weight is 283 g/mol. The first-order valence-corrected chi connectivity index (χ1v) is 7.51. The molecule has 2 aromatic rings. The number of thioether (sulfide) groups is 1. The number of rotatable bonds is 5. The summed E-state index contributed by atoms with van der Waals surface area (Å²) in [7, 11) is 1.99. The Kier molecular flexibility index (Phi) is 5.03. The third-order valence-electron chi connectivity index (χ3n) is 2.95. The smallest absolute Gasteiger partial charge is 0.103 e. The molecule has 0 aliphatic carbocycles. The van der Waals surface area contributed by atoms with Crippen molar-refractivity contribution < 1.29 is 0 Å². The SMILES string of the molecule is CCSc1cccc(N(C)Cc2ccccn2)c1C#N. The van der Waals surface area contributed by atoms with Gasteiger partial charge in [-0.3, -0.25) is 4.98 Å². The molecule has 3 nitrogen and oxygen atoms in total. The lowest BCUT2D eigenvalue weighted by atomic mass is 10.1. The molecule has 1 aromatic carbocycles. The summed E-state index contributed by atoms with van der Waals surface area (Å²) in [4.78, 5) is 7.44. The normalized spacial score (nSPS) is 10.1. The second-order valence-corrected chi connectivity index (χ2v) is 5.68. The van der Waals surface area contributed by atoms with E-state index in [2.05, 4.69) is 22.9 Å². The van der Waals surface area contributed by atoms with Crippen molar-refractivity contribution in [3.05, 3.63) is 53.9 Å². The van der Waals surface area contributed by atoms with Gasteiger partial charge in [0.1, 0.15) is 6.07 Å². The second kappa shape index (κ2) is 6.97. The van der Waals surface area contributed by atoms with Gasteiger partial charge >= 0.3 is 0 Å². The van der Waals surface area contributed by atoms with Crippen molar-refractivity contribution in [2.45, 2.75) is 18.4 Å². The summed E-state index contributed by atoms with van der Waals surface area (Å²) in [5.74, 6) is 0.960. The minimum absolute atomic E-state index is 0.690. The van der Waals surface area contributed by atoms with Crippen molar-refractivity contribution in [1.82, 2.24) is 4.98 Å². The van der Waals surface area contributed by atoms with E-state index in [0.717, 1.165) is 27.6 Å². The number of aromatic nitrogens is 1. The first kappa shape index (κ1) is 14.4. The van der Waals surface area contributed by atoms with E-state index >= 15 is 0 Å². The standard InChI is InChI=1S/C16H17N3S/c1-3-20-16-9-6-8-15(14(16)11-17)19(2)12-13-7-4-5-10-18-13/h4-10H,3,12H2,1-2H3. The Morgan fingerprint density at radius 2 is 2.10 bits per heavy atom. The number of hydrogen-bond donors (Lipinski definition) is 0. The van der Waals surface area contributed by atoms with E-state index in [0.29, 0.717) is 6.54 Å². The van der Waals surface area contributed by atoms with Crippen LogP contribution in [-0.2, 0) is 6.54 Å². The largest absolute Gasteiger partial charge is 0.368 e. The molecule has 0 fully saturated rings. The minimum Gasteiger partial charge on any atom is -0.368 e. The van der Waals surface area contributed by atoms with Crippen LogP contribution in [0.4, 0.5) is 5.69 Å². The number of benzene rings is 1. The van der Waals surface area contributed by atoms with Gasteiger partial charge in [0.2, 0.25) is 0 Å². The van der Waals surface area contributed by atoms with Crippen LogP contribution in [0.3, 0.4) is 0 Å². The predicted molar refractivity (Wildman–Crippen MR) is 83.9 cm³/mol. The maximum atomic E-state index is 9.44. The molecule has 2 rings (SSSR count). The average Bonchev–Trinajstić information content (AvgIpc) is 2.48. The molecule has 0 atom stereocenters. The molecule has 1 aromatic heterocycles. The quantitative estimate of drug-likeness (QED) is 0.784. The van der Waals surface area contributed by atoms with Crippen molar-refractivity contribution in [1.29, 1.82) is 5.26 Å². The highest BCUT2D eigenvalue weighted by molar-refractivity contribution is 7.99. The molecule has 0 saturated heterocycles. The van der Waals surface area contributed by atoms with Gasteiger partial charge in [-0.05, 0) is 30.0 Å². The molecule has 0 unspecified atom stereocenters. The van der Waals surface area contributed by atoms with Crippen LogP contribution >= 0.6 is 11.8 Å². The van der Waals surface area contributed by atoms with E-state index in [4.69, 9.17) is 0 Å². The first-order chi connectivity index (χ1) is 9.76. The molecule has 0 aliphatic heterocycles. The topological polar surface area (TPSA) is 39.9 Å². The van der Waals surface area contributed by atoms with E-state index in [9.17, 15) is 5.26 Å². The van der Waals surface area contributed by atoms with Gasteiger partial charge in [-0.15, -0.1) is 11.8 Å². The lowest BCUT2D eigenvalue weighted by molar-refractivity contribution is 0.881. The van der Waals surface area contributed by atoms with Crippen LogP contribution in [0.2, 0.25) is 0 Å². The minimum atomic E-state index is 0.690. The fourth-order valence-corrected chi connectivity index (χ4v) is 2.83. The van der Waals surface area contributed by atoms with E-state index in [1.165, 1.54) is 0 Å². The van der Waals surface area contributed by atoms with Crippen molar-refractivity contribution in [3.8, 4) is 6.07 Å². The molecule has 0 amide bonds. The zero-order valence-corrected chi connectivity index (χ0v) is 12.5. The highest BCUT2D eigenvalue weighted by Crippen LogP contribution is 2.30. The monoisotopic (exact) mass is 283 g/mol. The second-order valence-electron chi connectivity index (χ2n) is 4.37. The van der Waals surface area contributed by atoms with E-state index in [1.807, 2.05) is 43.4 Å². The third kappa shape index (κ3) is 3.31. The molecule has 0 saturated carbocycles. The van der Waals surface area contributed by atoms with Crippen LogP contribution in [0.25, 0.3) is 0 Å². The summed E-state index contributed by atoms with van der Waals surface area (Å²) >= 11 is 1.70. The molecule has 0 aliphatic rings. The van der Waals surface area contributed by atoms with Crippen LogP contribution in [0.5, 0.6) is 0 Å². The van der Waals surface area contributed by atoms with Crippen LogP contribution in [-0.4, -0.2) is 17.8 Å². The fraction of sp³-hybridized carbons (Fsp3) is 0.250. The fourth-order valence-electron chi connectivity index (χ4n) is 2.05. The molecule has 102 valence electrons. The number of hydrogen-bond acceptors (Lipinski definition) is 4. The first-order valence-electron chi connectivity index (χ1n) is 6.53. The Balaban J connectivity index is 2.28. The number of pyridine rings is 1. The Bertz CT molecular complexity index is 605. The molecule has 1 heterocycles. The summed E-state index contributed by atoms with van der Waals surface area (Å²) in [6.45, 7) is 2.78. The molecular formula is C16H17N3S. The highest BCUT2D eigenvalue weighted by Gasteiger charge is 2.12. The van der Waals surface area contributed by atoms with Gasteiger partial charge in [-0.1, -0.05) is 19.1 Å². The molecule has 4 heteroatoms. The van der Waals surface area contributed by atoms with Crippen LogP contribution in [0.1, 0.15) is 18.2 Å². The zero-order valence-electron chi connectivity index (χ0n) is 11.7. The number of nitriles is 1. The highest BCUT2D eigenvalue weighted by atomic mass is 32.2. The Labute approximate surface area is 124 Å². The van der Waals surface area contributed by atoms with Gasteiger partial charge in [0.25, 0.3) is 0 Å². The van der Waals surface area contributed by atoms with Crippen molar-refractivity contribution in [2.75, 3.05) is 17.7 Å². The van der Waals surface area contributed by atoms with Gasteiger partial charge < -0.3 is 4.90 Å². The number of nitrogens with zero attached hydrogens (tertiary/aromatic N) is 3. The Morgan fingerprint density at radius 1 is 1.25 bits per heavy atom. The van der Waals surface area contributed by atoms with Crippen LogP contribution < -0.4 is 4.90 Å². The van der Waals surface area contributed by atoms with Gasteiger partial charge in [0.05, 0.1) is 23.5 Å². The molecular weight excluding hydrogens is 266 g/mol. The Hall–Kier alpha value is -1.99. The zero-order chi connectivity index (χ0) is 14.4. The van der Waals surface area contributed by atoms with E-state index < -0.39 is 0 Å².